The second-order valence-corrected chi connectivity index (χ2v) is 4.03. The van der Waals surface area contributed by atoms with Crippen LogP contribution in [0, 0.1) is 5.82 Å². The van der Waals surface area contributed by atoms with Crippen LogP contribution in [-0.2, 0) is 0 Å². The molecule has 1 nitrogen and oxygen atoms in total. The van der Waals surface area contributed by atoms with Gasteiger partial charge in [-0.2, -0.15) is 0 Å². The largest absolute Gasteiger partial charge is 0.370 e. The quantitative estimate of drug-likeness (QED) is 0.641. The van der Waals surface area contributed by atoms with Gasteiger partial charge >= 0.3 is 0 Å². The Hall–Kier alpha value is -1.57. The van der Waals surface area contributed by atoms with Gasteiger partial charge in [-0.3, -0.25) is 0 Å². The summed E-state index contributed by atoms with van der Waals surface area (Å²) >= 11 is 0. The molecular weight excluding hydrogens is 201 g/mol. The van der Waals surface area contributed by atoms with Gasteiger partial charge < -0.3 is 4.90 Å². The predicted molar refractivity (Wildman–Crippen MR) is 67.1 cm³/mol. The summed E-state index contributed by atoms with van der Waals surface area (Å²) in [5.74, 6) is -0.176. The van der Waals surface area contributed by atoms with Crippen LogP contribution in [0.2, 0.25) is 0 Å². The summed E-state index contributed by atoms with van der Waals surface area (Å²) in [6, 6.07) is 4.99. The summed E-state index contributed by atoms with van der Waals surface area (Å²) in [6.07, 6.45) is 4.22. The first-order chi connectivity index (χ1) is 7.67. The molecule has 0 aliphatic carbocycles. The molecule has 0 fully saturated rings. The molecule has 0 atom stereocenters. The zero-order valence-corrected chi connectivity index (χ0v) is 9.92. The Kier molecular flexibility index (Phi) is 2.82. The predicted octanol–water partition coefficient (Wildman–Crippen LogP) is 3.63. The molecule has 0 saturated heterocycles. The lowest BCUT2D eigenvalue weighted by atomic mass is 9.91. The van der Waals surface area contributed by atoms with Crippen molar-refractivity contribution in [2.75, 3.05) is 18.5 Å². The second kappa shape index (κ2) is 4.12. The van der Waals surface area contributed by atoms with Crippen molar-refractivity contribution in [1.82, 2.24) is 0 Å². The lowest BCUT2D eigenvalue weighted by molar-refractivity contribution is 0.627. The van der Waals surface area contributed by atoms with E-state index in [4.69, 9.17) is 0 Å². The Morgan fingerprint density at radius 2 is 2.00 bits per heavy atom. The van der Waals surface area contributed by atoms with Crippen molar-refractivity contribution >= 4 is 11.3 Å². The molecule has 0 unspecified atom stereocenters. The highest BCUT2D eigenvalue weighted by molar-refractivity contribution is 5.89. The van der Waals surface area contributed by atoms with Gasteiger partial charge in [0, 0.05) is 24.8 Å². The van der Waals surface area contributed by atoms with Gasteiger partial charge in [-0.15, -0.1) is 0 Å². The summed E-state index contributed by atoms with van der Waals surface area (Å²) in [5.41, 5.74) is 4.60. The monoisotopic (exact) mass is 217 g/mol. The van der Waals surface area contributed by atoms with Crippen LogP contribution >= 0.6 is 0 Å². The van der Waals surface area contributed by atoms with E-state index in [9.17, 15) is 4.39 Å². The van der Waals surface area contributed by atoms with Crippen molar-refractivity contribution in [2.24, 2.45) is 0 Å². The number of allylic oxidation sites excluding steroid dienone is 2. The molecular formula is C14H16FN. The lowest BCUT2D eigenvalue weighted by Crippen LogP contribution is -2.26. The van der Waals surface area contributed by atoms with Crippen molar-refractivity contribution in [3.8, 4) is 0 Å². The van der Waals surface area contributed by atoms with E-state index in [0.717, 1.165) is 17.8 Å². The van der Waals surface area contributed by atoms with Crippen molar-refractivity contribution < 1.29 is 4.39 Å². The van der Waals surface area contributed by atoms with E-state index in [0.29, 0.717) is 0 Å². The Morgan fingerprint density at radius 1 is 1.25 bits per heavy atom. The first kappa shape index (κ1) is 10.9. The zero-order valence-electron chi connectivity index (χ0n) is 9.92. The Bertz CT molecular complexity index is 472. The molecule has 0 saturated carbocycles. The molecule has 1 heterocycles. The van der Waals surface area contributed by atoms with E-state index in [1.54, 1.807) is 6.07 Å². The maximum Gasteiger partial charge on any atom is 0.125 e. The van der Waals surface area contributed by atoms with Gasteiger partial charge in [-0.1, -0.05) is 12.2 Å². The third kappa shape index (κ3) is 1.64. The molecule has 84 valence electrons. The van der Waals surface area contributed by atoms with Gasteiger partial charge in [0.1, 0.15) is 5.82 Å². The minimum Gasteiger partial charge on any atom is -0.370 e. The zero-order chi connectivity index (χ0) is 11.7. The number of benzene rings is 1. The summed E-state index contributed by atoms with van der Waals surface area (Å²) in [6.45, 7) is 4.91. The van der Waals surface area contributed by atoms with E-state index < -0.39 is 0 Å². The lowest BCUT2D eigenvalue weighted by Gasteiger charge is -2.31. The normalized spacial score (nSPS) is 20.4. The minimum atomic E-state index is -0.176. The summed E-state index contributed by atoms with van der Waals surface area (Å²) in [5, 5.41) is 0. The number of hydrogen-bond acceptors (Lipinski definition) is 1. The molecule has 1 aromatic carbocycles. The van der Waals surface area contributed by atoms with Crippen LogP contribution in [0.25, 0.3) is 5.57 Å². The fourth-order valence-electron chi connectivity index (χ4n) is 2.23. The molecule has 2 rings (SSSR count). The molecule has 1 aromatic rings. The maximum absolute atomic E-state index is 13.2. The molecule has 0 aromatic heterocycles. The highest BCUT2D eigenvalue weighted by Crippen LogP contribution is 2.37. The average Bonchev–Trinajstić information content (AvgIpc) is 2.29. The maximum atomic E-state index is 13.2. The SMILES string of the molecule is C/C=C1/CN(C)c2cc(F)ccc2/C1=C/C. The van der Waals surface area contributed by atoms with Gasteiger partial charge in [0.15, 0.2) is 0 Å². The van der Waals surface area contributed by atoms with Gasteiger partial charge in [-0.25, -0.2) is 4.39 Å². The number of halogens is 1. The van der Waals surface area contributed by atoms with E-state index in [1.807, 2.05) is 27.0 Å². The van der Waals surface area contributed by atoms with Gasteiger partial charge in [0.25, 0.3) is 0 Å². The third-order valence-corrected chi connectivity index (χ3v) is 3.05. The van der Waals surface area contributed by atoms with Crippen LogP contribution < -0.4 is 4.90 Å². The summed E-state index contributed by atoms with van der Waals surface area (Å²) in [4.78, 5) is 2.08. The van der Waals surface area contributed by atoms with Crippen molar-refractivity contribution in [3.05, 3.63) is 47.3 Å². The standard InChI is InChI=1S/C14H16FN/c1-4-10-9-16(3)14-8-11(15)6-7-13(14)12(10)5-2/h4-8H,9H2,1-3H3/b10-4-,12-5+. The minimum absolute atomic E-state index is 0.176. The van der Waals surface area contributed by atoms with Crippen LogP contribution in [0.5, 0.6) is 0 Å². The molecule has 0 bridgehead atoms. The molecule has 2 heteroatoms. The topological polar surface area (TPSA) is 3.24 Å². The Morgan fingerprint density at radius 3 is 2.62 bits per heavy atom. The number of hydrogen-bond donors (Lipinski definition) is 0. The van der Waals surface area contributed by atoms with Crippen molar-refractivity contribution in [2.45, 2.75) is 13.8 Å². The highest BCUT2D eigenvalue weighted by Gasteiger charge is 2.21. The van der Waals surface area contributed by atoms with Crippen LogP contribution in [0.15, 0.2) is 35.9 Å². The van der Waals surface area contributed by atoms with Gasteiger partial charge in [-0.05, 0) is 43.2 Å². The van der Waals surface area contributed by atoms with Crippen LogP contribution in [0.1, 0.15) is 19.4 Å². The number of anilines is 1. The van der Waals surface area contributed by atoms with Crippen LogP contribution in [0.3, 0.4) is 0 Å². The third-order valence-electron chi connectivity index (χ3n) is 3.05. The number of fused-ring (bicyclic) bond motifs is 1. The Labute approximate surface area is 95.9 Å². The smallest absolute Gasteiger partial charge is 0.125 e. The van der Waals surface area contributed by atoms with E-state index in [2.05, 4.69) is 17.1 Å². The fourth-order valence-corrected chi connectivity index (χ4v) is 2.23. The summed E-state index contributed by atoms with van der Waals surface area (Å²) in [7, 11) is 1.99. The van der Waals surface area contributed by atoms with Crippen LogP contribution in [-0.4, -0.2) is 13.6 Å². The van der Waals surface area contributed by atoms with Crippen LogP contribution in [0.4, 0.5) is 10.1 Å². The van der Waals surface area contributed by atoms with Gasteiger partial charge in [0.05, 0.1) is 0 Å². The van der Waals surface area contributed by atoms with E-state index in [-0.39, 0.29) is 5.82 Å². The molecule has 1 aliphatic rings. The number of rotatable bonds is 0. The Balaban J connectivity index is 2.63. The van der Waals surface area contributed by atoms with E-state index in [1.165, 1.54) is 17.2 Å². The average molecular weight is 217 g/mol. The molecule has 0 N–H and O–H groups in total. The molecule has 0 amide bonds. The second-order valence-electron chi connectivity index (χ2n) is 4.03. The summed E-state index contributed by atoms with van der Waals surface area (Å²) < 4.78 is 13.2. The first-order valence-corrected chi connectivity index (χ1v) is 5.50. The fraction of sp³-hybridized carbons (Fsp3) is 0.286. The molecule has 16 heavy (non-hydrogen) atoms. The number of nitrogens with zero attached hydrogens (tertiary/aromatic N) is 1. The van der Waals surface area contributed by atoms with Gasteiger partial charge in [0.2, 0.25) is 0 Å². The van der Waals surface area contributed by atoms with Crippen molar-refractivity contribution in [1.29, 1.82) is 0 Å². The highest BCUT2D eigenvalue weighted by atomic mass is 19.1. The number of likely N-dealkylation sites (N-methyl/N-ethyl adjacent to an activating group) is 1. The first-order valence-electron chi connectivity index (χ1n) is 5.50. The molecule has 0 radical (unpaired) electrons. The molecule has 0 spiro atoms. The molecule has 1 aliphatic heterocycles. The van der Waals surface area contributed by atoms with Crippen molar-refractivity contribution in [3.63, 3.8) is 0 Å². The van der Waals surface area contributed by atoms with E-state index >= 15 is 0 Å².